The van der Waals surface area contributed by atoms with Gasteiger partial charge in [-0.3, -0.25) is 9.59 Å². The average Bonchev–Trinajstić information content (AvgIpc) is 3.17. The van der Waals surface area contributed by atoms with Gasteiger partial charge in [0.05, 0.1) is 26.6 Å². The van der Waals surface area contributed by atoms with Crippen LogP contribution in [0.1, 0.15) is 21.5 Å². The Morgan fingerprint density at radius 1 is 1.03 bits per heavy atom. The molecule has 1 aromatic heterocycles. The number of thiazole rings is 1. The number of nitrogens with zero attached hydrogens (tertiary/aromatic N) is 1. The number of aryl methyl sites for hydroxylation is 1. The summed E-state index contributed by atoms with van der Waals surface area (Å²) in [7, 11) is 0. The van der Waals surface area contributed by atoms with Crippen LogP contribution < -0.4 is 10.6 Å². The number of rotatable bonds is 6. The zero-order valence-electron chi connectivity index (χ0n) is 17.7. The van der Waals surface area contributed by atoms with Crippen LogP contribution in [0.5, 0.6) is 0 Å². The quantitative estimate of drug-likeness (QED) is 0.266. The van der Waals surface area contributed by atoms with Crippen LogP contribution >= 0.6 is 46.3 Å². The van der Waals surface area contributed by atoms with Gasteiger partial charge in [-0.05, 0) is 67.4 Å². The SMILES string of the molecule is Cc1cccc(NC(=O)CSc2nc3ccc(NC(=O)c4ccc(Cl)cc4Cl)cc3s2)c1C. The van der Waals surface area contributed by atoms with Gasteiger partial charge in [-0.2, -0.15) is 0 Å². The van der Waals surface area contributed by atoms with Crippen LogP contribution in [-0.4, -0.2) is 22.6 Å². The summed E-state index contributed by atoms with van der Waals surface area (Å²) in [4.78, 5) is 29.5. The molecule has 4 aromatic rings. The Hall–Kier alpha value is -2.58. The summed E-state index contributed by atoms with van der Waals surface area (Å²) in [6.45, 7) is 4.00. The molecule has 2 amide bonds. The summed E-state index contributed by atoms with van der Waals surface area (Å²) in [5.74, 6) is -0.148. The standard InChI is InChI=1S/C24H19Cl2N3O2S2/c1-13-4-3-5-19(14(13)2)28-22(30)12-32-24-29-20-9-7-16(11-21(20)33-24)27-23(31)17-8-6-15(25)10-18(17)26/h3-11H,12H2,1-2H3,(H,27,31)(H,28,30). The van der Waals surface area contributed by atoms with Crippen LogP contribution in [0.2, 0.25) is 10.0 Å². The van der Waals surface area contributed by atoms with Crippen LogP contribution in [0, 0.1) is 13.8 Å². The van der Waals surface area contributed by atoms with E-state index < -0.39 is 0 Å². The summed E-state index contributed by atoms with van der Waals surface area (Å²) in [5, 5.41) is 6.57. The fourth-order valence-electron chi connectivity index (χ4n) is 3.12. The molecule has 3 aromatic carbocycles. The minimum absolute atomic E-state index is 0.0826. The van der Waals surface area contributed by atoms with E-state index in [1.54, 1.807) is 18.2 Å². The predicted molar refractivity (Wildman–Crippen MR) is 139 cm³/mol. The predicted octanol–water partition coefficient (Wildman–Crippen LogP) is 7.20. The first-order valence-corrected chi connectivity index (χ1v) is 12.5. The van der Waals surface area contributed by atoms with Gasteiger partial charge in [0, 0.05) is 16.4 Å². The first-order valence-electron chi connectivity index (χ1n) is 9.96. The first kappa shape index (κ1) is 23.6. The van der Waals surface area contributed by atoms with Crippen molar-refractivity contribution >= 4 is 79.7 Å². The molecule has 0 unspecified atom stereocenters. The third-order valence-corrected chi connectivity index (χ3v) is 7.72. The number of thioether (sulfide) groups is 1. The number of anilines is 2. The lowest BCUT2D eigenvalue weighted by molar-refractivity contribution is -0.113. The Morgan fingerprint density at radius 3 is 2.64 bits per heavy atom. The highest BCUT2D eigenvalue weighted by molar-refractivity contribution is 8.01. The number of amides is 2. The van der Waals surface area contributed by atoms with Crippen LogP contribution in [0.3, 0.4) is 0 Å². The number of carbonyl (C=O) groups is 2. The lowest BCUT2D eigenvalue weighted by atomic mass is 10.1. The van der Waals surface area contributed by atoms with Crippen molar-refractivity contribution in [2.75, 3.05) is 16.4 Å². The van der Waals surface area contributed by atoms with Crippen molar-refractivity contribution in [2.24, 2.45) is 0 Å². The van der Waals surface area contributed by atoms with Gasteiger partial charge in [0.1, 0.15) is 0 Å². The van der Waals surface area contributed by atoms with Crippen molar-refractivity contribution in [1.82, 2.24) is 4.98 Å². The van der Waals surface area contributed by atoms with E-state index in [0.717, 1.165) is 31.4 Å². The van der Waals surface area contributed by atoms with Crippen LogP contribution in [0.15, 0.2) is 58.9 Å². The number of halogens is 2. The molecule has 0 bridgehead atoms. The van der Waals surface area contributed by atoms with Gasteiger partial charge in [-0.15, -0.1) is 11.3 Å². The minimum atomic E-state index is -0.321. The first-order chi connectivity index (χ1) is 15.8. The van der Waals surface area contributed by atoms with Gasteiger partial charge in [0.2, 0.25) is 5.91 Å². The maximum atomic E-state index is 12.6. The van der Waals surface area contributed by atoms with Gasteiger partial charge in [0.15, 0.2) is 4.34 Å². The fraction of sp³-hybridized carbons (Fsp3) is 0.125. The van der Waals surface area contributed by atoms with E-state index in [9.17, 15) is 9.59 Å². The minimum Gasteiger partial charge on any atom is -0.325 e. The van der Waals surface area contributed by atoms with Crippen LogP contribution in [0.25, 0.3) is 10.2 Å². The molecule has 9 heteroatoms. The zero-order valence-corrected chi connectivity index (χ0v) is 20.9. The third kappa shape index (κ3) is 5.68. The molecule has 4 rings (SSSR count). The molecule has 0 aliphatic rings. The van der Waals surface area contributed by atoms with Crippen molar-refractivity contribution < 1.29 is 9.59 Å². The monoisotopic (exact) mass is 515 g/mol. The molecule has 33 heavy (non-hydrogen) atoms. The average molecular weight is 516 g/mol. The highest BCUT2D eigenvalue weighted by Crippen LogP contribution is 2.32. The van der Waals surface area contributed by atoms with Crippen molar-refractivity contribution in [2.45, 2.75) is 18.2 Å². The van der Waals surface area contributed by atoms with Gasteiger partial charge in [0.25, 0.3) is 5.91 Å². The molecule has 0 saturated carbocycles. The molecule has 2 N–H and O–H groups in total. The van der Waals surface area contributed by atoms with Crippen molar-refractivity contribution in [1.29, 1.82) is 0 Å². The van der Waals surface area contributed by atoms with Crippen molar-refractivity contribution in [3.63, 3.8) is 0 Å². The van der Waals surface area contributed by atoms with Crippen LogP contribution in [-0.2, 0) is 4.79 Å². The van der Waals surface area contributed by atoms with Gasteiger partial charge in [-0.25, -0.2) is 4.98 Å². The fourth-order valence-corrected chi connectivity index (χ4v) is 5.52. The van der Waals surface area contributed by atoms with Crippen molar-refractivity contribution in [3.8, 4) is 0 Å². The van der Waals surface area contributed by atoms with E-state index in [1.165, 1.54) is 29.2 Å². The van der Waals surface area contributed by atoms with Crippen molar-refractivity contribution in [3.05, 3.63) is 81.3 Å². The number of fused-ring (bicyclic) bond motifs is 1. The van der Waals surface area contributed by atoms with Gasteiger partial charge >= 0.3 is 0 Å². The summed E-state index contributed by atoms with van der Waals surface area (Å²) in [6.07, 6.45) is 0. The Bertz CT molecular complexity index is 1370. The molecule has 0 fully saturated rings. The maximum Gasteiger partial charge on any atom is 0.257 e. The number of benzene rings is 3. The number of hydrogen-bond acceptors (Lipinski definition) is 5. The van der Waals surface area contributed by atoms with Gasteiger partial charge < -0.3 is 10.6 Å². The van der Waals surface area contributed by atoms with E-state index >= 15 is 0 Å². The lowest BCUT2D eigenvalue weighted by Crippen LogP contribution is -2.15. The smallest absolute Gasteiger partial charge is 0.257 e. The lowest BCUT2D eigenvalue weighted by Gasteiger charge is -2.09. The second kappa shape index (κ2) is 10.1. The van der Waals surface area contributed by atoms with E-state index in [2.05, 4.69) is 15.6 Å². The number of hydrogen-bond donors (Lipinski definition) is 2. The molecule has 1 heterocycles. The zero-order chi connectivity index (χ0) is 23.5. The molecule has 0 saturated heterocycles. The maximum absolute atomic E-state index is 12.6. The Balaban J connectivity index is 1.41. The van der Waals surface area contributed by atoms with E-state index in [-0.39, 0.29) is 22.6 Å². The summed E-state index contributed by atoms with van der Waals surface area (Å²) in [5.41, 5.74) is 4.80. The summed E-state index contributed by atoms with van der Waals surface area (Å²) < 4.78 is 1.69. The Morgan fingerprint density at radius 2 is 1.85 bits per heavy atom. The number of nitrogens with one attached hydrogen (secondary N) is 2. The molecule has 168 valence electrons. The molecule has 5 nitrogen and oxygen atoms in total. The molecule has 0 radical (unpaired) electrons. The topological polar surface area (TPSA) is 71.1 Å². The molecule has 0 aliphatic heterocycles. The third-order valence-electron chi connectivity index (χ3n) is 5.01. The second-order valence-corrected chi connectivity index (χ2v) is 10.4. The number of carbonyl (C=O) groups excluding carboxylic acids is 2. The summed E-state index contributed by atoms with van der Waals surface area (Å²) >= 11 is 14.9. The Kier molecular flexibility index (Phi) is 7.24. The highest BCUT2D eigenvalue weighted by Gasteiger charge is 2.13. The summed E-state index contributed by atoms with van der Waals surface area (Å²) in [6, 6.07) is 16.1. The molecule has 0 atom stereocenters. The molecular weight excluding hydrogens is 497 g/mol. The van der Waals surface area contributed by atoms with Crippen LogP contribution in [0.4, 0.5) is 11.4 Å². The van der Waals surface area contributed by atoms with E-state index in [4.69, 9.17) is 23.2 Å². The molecule has 0 spiro atoms. The normalized spacial score (nSPS) is 10.9. The Labute approximate surface area is 209 Å². The van der Waals surface area contributed by atoms with Gasteiger partial charge in [-0.1, -0.05) is 47.1 Å². The molecule has 0 aliphatic carbocycles. The largest absolute Gasteiger partial charge is 0.325 e. The van der Waals surface area contributed by atoms with E-state index in [1.807, 2.05) is 44.2 Å². The highest BCUT2D eigenvalue weighted by atomic mass is 35.5. The molecular formula is C24H19Cl2N3O2S2. The van der Waals surface area contributed by atoms with E-state index in [0.29, 0.717) is 16.3 Å². The number of aromatic nitrogens is 1. The second-order valence-electron chi connectivity index (χ2n) is 7.32.